The van der Waals surface area contributed by atoms with E-state index < -0.39 is 0 Å². The van der Waals surface area contributed by atoms with E-state index in [4.69, 9.17) is 5.41 Å². The van der Waals surface area contributed by atoms with Crippen LogP contribution in [0, 0.1) is 5.41 Å². The van der Waals surface area contributed by atoms with Gasteiger partial charge in [-0.05, 0) is 12.8 Å². The molecule has 1 rings (SSSR count). The first kappa shape index (κ1) is 12.8. The van der Waals surface area contributed by atoms with Crippen LogP contribution >= 0.6 is 0 Å². The van der Waals surface area contributed by atoms with Crippen molar-refractivity contribution in [1.82, 2.24) is 10.6 Å². The van der Waals surface area contributed by atoms with E-state index in [-0.39, 0.29) is 18.1 Å². The van der Waals surface area contributed by atoms with Gasteiger partial charge in [-0.15, -0.1) is 0 Å². The summed E-state index contributed by atoms with van der Waals surface area (Å²) in [6, 6.07) is -0.314. The van der Waals surface area contributed by atoms with Crippen molar-refractivity contribution in [2.45, 2.75) is 51.0 Å². The molecular weight excluding hydrogens is 206 g/mol. The maximum atomic E-state index is 11.4. The first-order valence-electron chi connectivity index (χ1n) is 5.92. The smallest absolute Gasteiger partial charge is 0.323 e. The highest BCUT2D eigenvalue weighted by molar-refractivity contribution is 5.91. The number of nitrogens with one attached hydrogen (secondary N) is 3. The fourth-order valence-corrected chi connectivity index (χ4v) is 1.98. The van der Waals surface area contributed by atoms with Gasteiger partial charge >= 0.3 is 6.03 Å². The summed E-state index contributed by atoms with van der Waals surface area (Å²) < 4.78 is 4.57. The van der Waals surface area contributed by atoms with Crippen LogP contribution in [0.3, 0.4) is 0 Å². The van der Waals surface area contributed by atoms with Crippen LogP contribution in [-0.4, -0.2) is 25.2 Å². The number of ether oxygens (including phenoxy) is 1. The molecule has 16 heavy (non-hydrogen) atoms. The van der Waals surface area contributed by atoms with Crippen LogP contribution < -0.4 is 10.6 Å². The summed E-state index contributed by atoms with van der Waals surface area (Å²) >= 11 is 0. The van der Waals surface area contributed by atoms with E-state index in [9.17, 15) is 4.79 Å². The first-order chi connectivity index (χ1) is 7.72. The van der Waals surface area contributed by atoms with E-state index in [1.807, 2.05) is 0 Å². The van der Waals surface area contributed by atoms with Gasteiger partial charge in [0.1, 0.15) is 0 Å². The average Bonchev–Trinajstić information content (AvgIpc) is 2.21. The van der Waals surface area contributed by atoms with Crippen molar-refractivity contribution in [3.8, 4) is 0 Å². The molecule has 0 spiro atoms. The summed E-state index contributed by atoms with van der Waals surface area (Å²) in [6.45, 7) is 0. The summed E-state index contributed by atoms with van der Waals surface area (Å²) in [6.07, 6.45) is 8.25. The minimum absolute atomic E-state index is 0.219. The lowest BCUT2D eigenvalue weighted by Crippen LogP contribution is -2.44. The van der Waals surface area contributed by atoms with Crippen molar-refractivity contribution >= 4 is 12.1 Å². The number of carbonyl (C=O) groups excluding carboxylic acids is 1. The maximum absolute atomic E-state index is 11.4. The second kappa shape index (κ2) is 7.09. The van der Waals surface area contributed by atoms with Crippen molar-refractivity contribution < 1.29 is 9.53 Å². The molecule has 5 heteroatoms. The molecule has 2 amide bonds. The van der Waals surface area contributed by atoms with Gasteiger partial charge in [-0.1, -0.05) is 32.1 Å². The third-order valence-corrected chi connectivity index (χ3v) is 2.87. The fourth-order valence-electron chi connectivity index (χ4n) is 1.98. The Morgan fingerprint density at radius 3 is 2.31 bits per heavy atom. The second-order valence-corrected chi connectivity index (χ2v) is 4.17. The normalized spacial score (nSPS) is 18.1. The molecule has 3 N–H and O–H groups in total. The van der Waals surface area contributed by atoms with Gasteiger partial charge < -0.3 is 10.1 Å². The molecule has 0 unspecified atom stereocenters. The maximum Gasteiger partial charge on any atom is 0.323 e. The van der Waals surface area contributed by atoms with Gasteiger partial charge in [-0.2, -0.15) is 0 Å². The predicted molar refractivity (Wildman–Crippen MR) is 62.5 cm³/mol. The number of methoxy groups -OCH3 is 1. The largest absolute Gasteiger partial charge is 0.468 e. The zero-order valence-electron chi connectivity index (χ0n) is 9.84. The van der Waals surface area contributed by atoms with E-state index in [1.165, 1.54) is 39.2 Å². The molecular formula is C11H21N3O2. The SMILES string of the molecule is COC(=N)NC(=O)NC1CCCCCCC1. The Bertz CT molecular complexity index is 235. The third-order valence-electron chi connectivity index (χ3n) is 2.87. The standard InChI is InChI=1S/C11H21N3O2/c1-16-10(12)14-11(15)13-9-7-5-3-2-4-6-8-9/h9H,2-8H2,1H3,(H3,12,13,14,15). The molecule has 92 valence electrons. The summed E-state index contributed by atoms with van der Waals surface area (Å²) in [4.78, 5) is 11.4. The van der Waals surface area contributed by atoms with Crippen LogP contribution in [-0.2, 0) is 4.74 Å². The van der Waals surface area contributed by atoms with Crippen molar-refractivity contribution in [3.63, 3.8) is 0 Å². The van der Waals surface area contributed by atoms with Gasteiger partial charge in [0.25, 0.3) is 6.02 Å². The highest BCUT2D eigenvalue weighted by Gasteiger charge is 2.14. The number of urea groups is 1. The summed E-state index contributed by atoms with van der Waals surface area (Å²) in [5.74, 6) is 0. The molecule has 0 aromatic rings. The zero-order valence-corrected chi connectivity index (χ0v) is 9.84. The number of amides is 2. The molecule has 5 nitrogen and oxygen atoms in total. The van der Waals surface area contributed by atoms with E-state index in [1.54, 1.807) is 0 Å². The molecule has 1 fully saturated rings. The molecule has 0 aliphatic heterocycles. The quantitative estimate of drug-likeness (QED) is 0.473. The lowest BCUT2D eigenvalue weighted by molar-refractivity contribution is 0.235. The third kappa shape index (κ3) is 5.00. The number of hydrogen-bond donors (Lipinski definition) is 3. The van der Waals surface area contributed by atoms with E-state index >= 15 is 0 Å². The lowest BCUT2D eigenvalue weighted by atomic mass is 9.97. The molecule has 0 bridgehead atoms. The summed E-state index contributed by atoms with van der Waals surface area (Å²) in [7, 11) is 1.36. The van der Waals surface area contributed by atoms with E-state index in [0.29, 0.717) is 0 Å². The second-order valence-electron chi connectivity index (χ2n) is 4.17. The van der Waals surface area contributed by atoms with Gasteiger partial charge in [-0.3, -0.25) is 10.7 Å². The molecule has 0 atom stereocenters. The van der Waals surface area contributed by atoms with Crippen LogP contribution in [0.15, 0.2) is 0 Å². The Balaban J connectivity index is 2.27. The highest BCUT2D eigenvalue weighted by Crippen LogP contribution is 2.16. The lowest BCUT2D eigenvalue weighted by Gasteiger charge is -2.21. The Hall–Kier alpha value is -1.26. The molecule has 1 aliphatic carbocycles. The first-order valence-corrected chi connectivity index (χ1v) is 5.92. The van der Waals surface area contributed by atoms with Crippen LogP contribution in [0.4, 0.5) is 4.79 Å². The van der Waals surface area contributed by atoms with Crippen molar-refractivity contribution in [1.29, 1.82) is 5.41 Å². The molecule has 0 saturated heterocycles. The molecule has 0 heterocycles. The predicted octanol–water partition coefficient (Wildman–Crippen LogP) is 1.98. The number of carbonyl (C=O) groups is 1. The number of amidine groups is 1. The summed E-state index contributed by atoms with van der Waals surface area (Å²) in [5, 5.41) is 12.4. The highest BCUT2D eigenvalue weighted by atomic mass is 16.5. The van der Waals surface area contributed by atoms with Crippen LogP contribution in [0.5, 0.6) is 0 Å². The molecule has 0 aromatic carbocycles. The average molecular weight is 227 g/mol. The zero-order chi connectivity index (χ0) is 11.8. The summed E-state index contributed by atoms with van der Waals surface area (Å²) in [5.41, 5.74) is 0. The van der Waals surface area contributed by atoms with Crippen molar-refractivity contribution in [2.24, 2.45) is 0 Å². The monoisotopic (exact) mass is 227 g/mol. The Morgan fingerprint density at radius 2 is 1.75 bits per heavy atom. The minimum atomic E-state index is -0.336. The molecule has 1 aliphatic rings. The van der Waals surface area contributed by atoms with Gasteiger partial charge in [0.05, 0.1) is 7.11 Å². The van der Waals surface area contributed by atoms with Crippen LogP contribution in [0.1, 0.15) is 44.9 Å². The fraction of sp³-hybridized carbons (Fsp3) is 0.818. The van der Waals surface area contributed by atoms with Crippen molar-refractivity contribution in [3.05, 3.63) is 0 Å². The Labute approximate surface area is 96.4 Å². The molecule has 0 radical (unpaired) electrons. The molecule has 0 aromatic heterocycles. The van der Waals surface area contributed by atoms with Crippen LogP contribution in [0.25, 0.3) is 0 Å². The van der Waals surface area contributed by atoms with E-state index in [2.05, 4.69) is 15.4 Å². The Kier molecular flexibility index (Phi) is 5.67. The van der Waals surface area contributed by atoms with Crippen molar-refractivity contribution in [2.75, 3.05) is 7.11 Å². The van der Waals surface area contributed by atoms with E-state index in [0.717, 1.165) is 12.8 Å². The van der Waals surface area contributed by atoms with Gasteiger partial charge in [-0.25, -0.2) is 4.79 Å². The van der Waals surface area contributed by atoms with Gasteiger partial charge in [0.15, 0.2) is 0 Å². The topological polar surface area (TPSA) is 74.2 Å². The number of hydrogen-bond acceptors (Lipinski definition) is 3. The van der Waals surface area contributed by atoms with Crippen LogP contribution in [0.2, 0.25) is 0 Å². The van der Waals surface area contributed by atoms with Gasteiger partial charge in [0.2, 0.25) is 0 Å². The minimum Gasteiger partial charge on any atom is -0.468 e. The molecule has 1 saturated carbocycles. The van der Waals surface area contributed by atoms with Gasteiger partial charge in [0, 0.05) is 6.04 Å². The number of rotatable bonds is 1. The Morgan fingerprint density at radius 1 is 1.19 bits per heavy atom.